The Morgan fingerprint density at radius 1 is 1.00 bits per heavy atom. The molecule has 0 bridgehead atoms. The number of hydrogen-bond acceptors (Lipinski definition) is 3. The second-order valence-corrected chi connectivity index (χ2v) is 6.15. The number of ether oxygens (including phenoxy) is 1. The van der Waals surface area contributed by atoms with E-state index in [1.807, 2.05) is 41.2 Å². The monoisotopic (exact) mass is 491 g/mol. The van der Waals surface area contributed by atoms with E-state index >= 15 is 0 Å². The van der Waals surface area contributed by atoms with E-state index in [9.17, 15) is 0 Å². The molecule has 0 aliphatic heterocycles. The normalized spacial score (nSPS) is 10.9. The van der Waals surface area contributed by atoms with Gasteiger partial charge in [-0.1, -0.05) is 36.4 Å². The first kappa shape index (κ1) is 21.7. The molecule has 3 aromatic rings. The highest BCUT2D eigenvalue weighted by Crippen LogP contribution is 2.11. The van der Waals surface area contributed by atoms with Crippen LogP contribution in [0.5, 0.6) is 5.75 Å². The Balaban J connectivity index is 0.00000280. The SMILES string of the molecule is CN=C(NCc1ccc(OC)cc1)NCc1cccc(Cn2cccn2)c1.I. The summed E-state index contributed by atoms with van der Waals surface area (Å²) in [6.45, 7) is 2.17. The highest BCUT2D eigenvalue weighted by atomic mass is 127. The molecule has 2 aromatic carbocycles. The van der Waals surface area contributed by atoms with Crippen molar-refractivity contribution in [3.8, 4) is 5.75 Å². The Labute approximate surface area is 183 Å². The molecule has 0 aliphatic rings. The maximum absolute atomic E-state index is 5.18. The minimum absolute atomic E-state index is 0. The molecule has 0 radical (unpaired) electrons. The number of rotatable bonds is 7. The van der Waals surface area contributed by atoms with Crippen molar-refractivity contribution in [1.29, 1.82) is 0 Å². The molecule has 7 heteroatoms. The summed E-state index contributed by atoms with van der Waals surface area (Å²) in [6, 6.07) is 18.4. The molecule has 0 unspecified atom stereocenters. The minimum atomic E-state index is 0. The van der Waals surface area contributed by atoms with Crippen molar-refractivity contribution >= 4 is 29.9 Å². The third kappa shape index (κ3) is 6.56. The van der Waals surface area contributed by atoms with Crippen LogP contribution >= 0.6 is 24.0 Å². The molecule has 0 fully saturated rings. The number of benzene rings is 2. The van der Waals surface area contributed by atoms with E-state index in [-0.39, 0.29) is 24.0 Å². The molecule has 2 N–H and O–H groups in total. The second-order valence-electron chi connectivity index (χ2n) is 6.15. The van der Waals surface area contributed by atoms with Crippen LogP contribution in [0.25, 0.3) is 0 Å². The van der Waals surface area contributed by atoms with E-state index in [0.29, 0.717) is 13.1 Å². The average Bonchev–Trinajstić information content (AvgIpc) is 3.22. The number of aliphatic imine (C=N–C) groups is 1. The lowest BCUT2D eigenvalue weighted by Gasteiger charge is -2.13. The van der Waals surface area contributed by atoms with Crippen LogP contribution in [-0.2, 0) is 19.6 Å². The third-order valence-corrected chi connectivity index (χ3v) is 4.20. The summed E-state index contributed by atoms with van der Waals surface area (Å²) >= 11 is 0. The third-order valence-electron chi connectivity index (χ3n) is 4.20. The fourth-order valence-electron chi connectivity index (χ4n) is 2.75. The van der Waals surface area contributed by atoms with Crippen LogP contribution < -0.4 is 15.4 Å². The molecule has 6 nitrogen and oxygen atoms in total. The van der Waals surface area contributed by atoms with Gasteiger partial charge in [-0.05, 0) is 34.9 Å². The van der Waals surface area contributed by atoms with Crippen LogP contribution in [0.3, 0.4) is 0 Å². The van der Waals surface area contributed by atoms with Gasteiger partial charge in [-0.2, -0.15) is 5.10 Å². The summed E-state index contributed by atoms with van der Waals surface area (Å²) in [5.74, 6) is 1.62. The van der Waals surface area contributed by atoms with Crippen LogP contribution in [0.2, 0.25) is 0 Å². The maximum Gasteiger partial charge on any atom is 0.191 e. The van der Waals surface area contributed by atoms with Gasteiger partial charge in [-0.15, -0.1) is 24.0 Å². The Hall–Kier alpha value is -2.55. The molecule has 148 valence electrons. The lowest BCUT2D eigenvalue weighted by molar-refractivity contribution is 0.414. The fraction of sp³-hybridized carbons (Fsp3) is 0.238. The molecule has 0 aliphatic carbocycles. The number of hydrogen-bond donors (Lipinski definition) is 2. The highest BCUT2D eigenvalue weighted by molar-refractivity contribution is 14.0. The Morgan fingerprint density at radius 2 is 1.71 bits per heavy atom. The zero-order valence-corrected chi connectivity index (χ0v) is 18.5. The first-order valence-corrected chi connectivity index (χ1v) is 8.89. The van der Waals surface area contributed by atoms with Gasteiger partial charge in [-0.25, -0.2) is 0 Å². The van der Waals surface area contributed by atoms with Crippen molar-refractivity contribution in [2.24, 2.45) is 4.99 Å². The zero-order chi connectivity index (χ0) is 18.9. The molecular formula is C21H26IN5O. The number of halogens is 1. The van der Waals surface area contributed by atoms with Crippen LogP contribution in [0.4, 0.5) is 0 Å². The standard InChI is InChI=1S/C21H25N5O.HI/c1-22-21(23-14-17-7-9-20(27-2)10-8-17)24-15-18-5-3-6-19(13-18)16-26-12-4-11-25-26;/h3-13H,14-16H2,1-2H3,(H2,22,23,24);1H. The van der Waals surface area contributed by atoms with Crippen molar-refractivity contribution < 1.29 is 4.74 Å². The van der Waals surface area contributed by atoms with Crippen molar-refractivity contribution in [3.05, 3.63) is 83.7 Å². The van der Waals surface area contributed by atoms with Gasteiger partial charge in [0.15, 0.2) is 5.96 Å². The second kappa shape index (κ2) is 11.3. The van der Waals surface area contributed by atoms with Gasteiger partial charge in [0, 0.05) is 32.5 Å². The molecule has 1 heterocycles. The van der Waals surface area contributed by atoms with Crippen LogP contribution in [-0.4, -0.2) is 29.9 Å². The molecular weight excluding hydrogens is 465 g/mol. The molecule has 0 atom stereocenters. The van der Waals surface area contributed by atoms with Crippen molar-refractivity contribution in [2.75, 3.05) is 14.2 Å². The zero-order valence-electron chi connectivity index (χ0n) is 16.1. The quantitative estimate of drug-likeness (QED) is 0.302. The summed E-state index contributed by atoms with van der Waals surface area (Å²) in [4.78, 5) is 4.29. The lowest BCUT2D eigenvalue weighted by atomic mass is 10.1. The maximum atomic E-state index is 5.18. The number of methoxy groups -OCH3 is 1. The Kier molecular flexibility index (Phi) is 8.80. The van der Waals surface area contributed by atoms with Gasteiger partial charge in [0.1, 0.15) is 5.75 Å². The largest absolute Gasteiger partial charge is 0.497 e. The van der Waals surface area contributed by atoms with Gasteiger partial charge >= 0.3 is 0 Å². The number of nitrogens with zero attached hydrogens (tertiary/aromatic N) is 3. The van der Waals surface area contributed by atoms with Crippen molar-refractivity contribution in [3.63, 3.8) is 0 Å². The molecule has 0 saturated heterocycles. The van der Waals surface area contributed by atoms with E-state index in [1.54, 1.807) is 20.4 Å². The summed E-state index contributed by atoms with van der Waals surface area (Å²) in [5.41, 5.74) is 3.59. The smallest absolute Gasteiger partial charge is 0.191 e. The number of nitrogens with one attached hydrogen (secondary N) is 2. The molecule has 0 saturated carbocycles. The van der Waals surface area contributed by atoms with Gasteiger partial charge in [-0.3, -0.25) is 9.67 Å². The molecule has 28 heavy (non-hydrogen) atoms. The Morgan fingerprint density at radius 3 is 2.36 bits per heavy atom. The molecule has 0 spiro atoms. The molecule has 1 aromatic heterocycles. The lowest BCUT2D eigenvalue weighted by Crippen LogP contribution is -2.36. The fourth-order valence-corrected chi connectivity index (χ4v) is 2.75. The van der Waals surface area contributed by atoms with E-state index < -0.39 is 0 Å². The van der Waals surface area contributed by atoms with E-state index in [2.05, 4.69) is 45.0 Å². The first-order chi connectivity index (χ1) is 13.3. The van der Waals surface area contributed by atoms with Gasteiger partial charge in [0.25, 0.3) is 0 Å². The first-order valence-electron chi connectivity index (χ1n) is 8.89. The average molecular weight is 491 g/mol. The topological polar surface area (TPSA) is 63.5 Å². The summed E-state index contributed by atoms with van der Waals surface area (Å²) in [5, 5.41) is 10.9. The summed E-state index contributed by atoms with van der Waals surface area (Å²) in [6.07, 6.45) is 3.76. The van der Waals surface area contributed by atoms with Crippen LogP contribution in [0.1, 0.15) is 16.7 Å². The van der Waals surface area contributed by atoms with Gasteiger partial charge in [0.05, 0.1) is 13.7 Å². The van der Waals surface area contributed by atoms with E-state index in [1.165, 1.54) is 16.7 Å². The summed E-state index contributed by atoms with van der Waals surface area (Å²) < 4.78 is 7.10. The van der Waals surface area contributed by atoms with Gasteiger partial charge in [0.2, 0.25) is 0 Å². The van der Waals surface area contributed by atoms with Gasteiger partial charge < -0.3 is 15.4 Å². The molecule has 3 rings (SSSR count). The van der Waals surface area contributed by atoms with Crippen LogP contribution in [0.15, 0.2) is 72.0 Å². The minimum Gasteiger partial charge on any atom is -0.497 e. The Bertz CT molecular complexity index is 863. The van der Waals surface area contributed by atoms with E-state index in [4.69, 9.17) is 4.74 Å². The number of guanidine groups is 1. The highest BCUT2D eigenvalue weighted by Gasteiger charge is 2.02. The number of aromatic nitrogens is 2. The molecule has 0 amide bonds. The summed E-state index contributed by atoms with van der Waals surface area (Å²) in [7, 11) is 3.45. The van der Waals surface area contributed by atoms with Crippen LogP contribution in [0, 0.1) is 0 Å². The van der Waals surface area contributed by atoms with Crippen molar-refractivity contribution in [1.82, 2.24) is 20.4 Å². The van der Waals surface area contributed by atoms with Crippen molar-refractivity contribution in [2.45, 2.75) is 19.6 Å². The predicted octanol–water partition coefficient (Wildman–Crippen LogP) is 3.42. The van der Waals surface area contributed by atoms with E-state index in [0.717, 1.165) is 18.3 Å². The predicted molar refractivity (Wildman–Crippen MR) is 123 cm³/mol.